The summed E-state index contributed by atoms with van der Waals surface area (Å²) in [6.45, 7) is 0. The van der Waals surface area contributed by atoms with E-state index >= 15 is 0 Å². The summed E-state index contributed by atoms with van der Waals surface area (Å²) in [6.07, 6.45) is 11.2. The van der Waals surface area contributed by atoms with Crippen molar-refractivity contribution in [2.75, 3.05) is 4.90 Å². The lowest BCUT2D eigenvalue weighted by Crippen LogP contribution is -2.31. The zero-order valence-corrected chi connectivity index (χ0v) is 22.0. The van der Waals surface area contributed by atoms with Crippen LogP contribution in [0.1, 0.15) is 5.56 Å². The highest BCUT2D eigenvalue weighted by atomic mass is 15.2. The van der Waals surface area contributed by atoms with E-state index in [2.05, 4.69) is 163 Å². The summed E-state index contributed by atoms with van der Waals surface area (Å²) in [4.78, 5) is 2.45. The van der Waals surface area contributed by atoms with Gasteiger partial charge in [0, 0.05) is 16.9 Å². The van der Waals surface area contributed by atoms with Crippen molar-refractivity contribution in [1.29, 1.82) is 0 Å². The second-order valence-corrected chi connectivity index (χ2v) is 10.5. The first kappa shape index (κ1) is 22.8. The summed E-state index contributed by atoms with van der Waals surface area (Å²) >= 11 is 0. The van der Waals surface area contributed by atoms with Crippen LogP contribution in [-0.2, 0) is 0 Å². The van der Waals surface area contributed by atoms with Gasteiger partial charge in [-0.15, -0.1) is 0 Å². The number of allylic oxidation sites excluding steroid dienone is 4. The maximum absolute atomic E-state index is 2.45. The van der Waals surface area contributed by atoms with E-state index in [0.29, 0.717) is 0 Å². The molecule has 2 aliphatic rings. The van der Waals surface area contributed by atoms with Gasteiger partial charge in [-0.2, -0.15) is 0 Å². The lowest BCUT2D eigenvalue weighted by molar-refractivity contribution is 0.932. The summed E-state index contributed by atoms with van der Waals surface area (Å²) in [5.41, 5.74) is 10.1. The Labute approximate surface area is 234 Å². The Hall–Kier alpha value is -5.14. The summed E-state index contributed by atoms with van der Waals surface area (Å²) in [7, 11) is 0. The highest BCUT2D eigenvalue weighted by Crippen LogP contribution is 2.45. The van der Waals surface area contributed by atoms with Crippen molar-refractivity contribution in [3.8, 4) is 22.3 Å². The molecule has 6 aromatic carbocycles. The summed E-state index contributed by atoms with van der Waals surface area (Å²) in [5.74, 6) is 0. The molecule has 8 rings (SSSR count). The second kappa shape index (κ2) is 9.25. The van der Waals surface area contributed by atoms with Crippen LogP contribution >= 0.6 is 0 Å². The van der Waals surface area contributed by atoms with E-state index in [0.717, 1.165) is 0 Å². The molecule has 1 aliphatic carbocycles. The first-order valence-electron chi connectivity index (χ1n) is 13.9. The lowest BCUT2D eigenvalue weighted by Gasteiger charge is -2.35. The van der Waals surface area contributed by atoms with Gasteiger partial charge >= 0.3 is 0 Å². The zero-order chi connectivity index (χ0) is 26.5. The van der Waals surface area contributed by atoms with E-state index in [9.17, 15) is 0 Å². The van der Waals surface area contributed by atoms with Crippen LogP contribution < -0.4 is 4.90 Å². The average Bonchev–Trinajstić information content (AvgIpc) is 3.24. The Kier molecular flexibility index (Phi) is 5.28. The highest BCUT2D eigenvalue weighted by molar-refractivity contribution is 6.21. The van der Waals surface area contributed by atoms with Gasteiger partial charge in [0.15, 0.2) is 0 Å². The Bertz CT molecular complexity index is 1930. The fourth-order valence-corrected chi connectivity index (χ4v) is 6.52. The van der Waals surface area contributed by atoms with Crippen LogP contribution in [0.3, 0.4) is 0 Å². The highest BCUT2D eigenvalue weighted by Gasteiger charge is 2.26. The average molecular weight is 510 g/mol. The predicted octanol–water partition coefficient (Wildman–Crippen LogP) is 10.4. The molecule has 1 heterocycles. The number of anilines is 2. The minimum atomic E-state index is 0.178. The summed E-state index contributed by atoms with van der Waals surface area (Å²) in [6, 6.07) is 46.5. The van der Waals surface area contributed by atoms with Gasteiger partial charge in [0.2, 0.25) is 0 Å². The second-order valence-electron chi connectivity index (χ2n) is 10.5. The molecule has 2 bridgehead atoms. The third-order valence-corrected chi connectivity index (χ3v) is 8.25. The van der Waals surface area contributed by atoms with Crippen LogP contribution in [0, 0.1) is 0 Å². The maximum atomic E-state index is 2.45. The summed E-state index contributed by atoms with van der Waals surface area (Å²) < 4.78 is 0. The SMILES string of the molecule is C1=CC2=CC(C=C1)N(c1ccc(-c3c4ccccc4c(-c4ccccc4)c4ccccc34)cc1)c1ccccc12. The van der Waals surface area contributed by atoms with Crippen LogP contribution in [0.25, 0.3) is 49.4 Å². The van der Waals surface area contributed by atoms with Crippen molar-refractivity contribution in [3.63, 3.8) is 0 Å². The molecular weight excluding hydrogens is 482 g/mol. The van der Waals surface area contributed by atoms with Gasteiger partial charge in [0.25, 0.3) is 0 Å². The molecule has 1 atom stereocenters. The van der Waals surface area contributed by atoms with Gasteiger partial charge in [-0.05, 0) is 73.6 Å². The molecule has 0 fully saturated rings. The van der Waals surface area contributed by atoms with Gasteiger partial charge in [0.1, 0.15) is 0 Å². The van der Waals surface area contributed by atoms with E-state index in [4.69, 9.17) is 0 Å². The molecule has 6 aromatic rings. The Balaban J connectivity index is 1.31. The Morgan fingerprint density at radius 3 is 1.68 bits per heavy atom. The van der Waals surface area contributed by atoms with Gasteiger partial charge in [-0.3, -0.25) is 0 Å². The van der Waals surface area contributed by atoms with Crippen molar-refractivity contribution < 1.29 is 0 Å². The third-order valence-electron chi connectivity index (χ3n) is 8.25. The van der Waals surface area contributed by atoms with Crippen molar-refractivity contribution in [1.82, 2.24) is 0 Å². The topological polar surface area (TPSA) is 3.24 Å². The molecule has 0 N–H and O–H groups in total. The molecule has 0 radical (unpaired) electrons. The molecule has 40 heavy (non-hydrogen) atoms. The predicted molar refractivity (Wildman–Crippen MR) is 171 cm³/mol. The minimum Gasteiger partial charge on any atom is -0.330 e. The monoisotopic (exact) mass is 509 g/mol. The van der Waals surface area contributed by atoms with E-state index < -0.39 is 0 Å². The minimum absolute atomic E-state index is 0.178. The first-order chi connectivity index (χ1) is 19.9. The van der Waals surface area contributed by atoms with Gasteiger partial charge in [0.05, 0.1) is 6.04 Å². The van der Waals surface area contributed by atoms with Crippen LogP contribution in [0.5, 0.6) is 0 Å². The fourth-order valence-electron chi connectivity index (χ4n) is 6.52. The molecule has 1 nitrogen and oxygen atoms in total. The largest absolute Gasteiger partial charge is 0.330 e. The Morgan fingerprint density at radius 2 is 1.02 bits per heavy atom. The van der Waals surface area contributed by atoms with E-state index in [1.807, 2.05) is 0 Å². The van der Waals surface area contributed by atoms with Crippen molar-refractivity contribution in [2.45, 2.75) is 6.04 Å². The smallest absolute Gasteiger partial charge is 0.0718 e. The van der Waals surface area contributed by atoms with Crippen molar-refractivity contribution in [3.05, 3.63) is 163 Å². The molecular formula is C39H27N. The number of rotatable bonds is 3. The fraction of sp³-hybridized carbons (Fsp3) is 0.0256. The van der Waals surface area contributed by atoms with Gasteiger partial charge in [-0.25, -0.2) is 0 Å². The molecule has 1 heteroatoms. The van der Waals surface area contributed by atoms with E-state index in [1.165, 1.54) is 66.3 Å². The number of nitrogens with zero attached hydrogens (tertiary/aromatic N) is 1. The standard InChI is InChI=1S/C39H27N/c1-2-12-27(13-3-1)38-33-17-6-8-19-35(33)39(36-20-9-7-18-34(36)38)28-22-24-30(25-23-28)40-31-15-5-4-14-29(26-31)32-16-10-11-21-37(32)40/h1-26,31H. The van der Waals surface area contributed by atoms with Gasteiger partial charge < -0.3 is 4.90 Å². The number of hydrogen-bond acceptors (Lipinski definition) is 1. The number of hydrogen-bond donors (Lipinski definition) is 0. The van der Waals surface area contributed by atoms with Crippen LogP contribution in [0.15, 0.2) is 158 Å². The molecule has 0 spiro atoms. The van der Waals surface area contributed by atoms with E-state index in [-0.39, 0.29) is 6.04 Å². The molecule has 0 amide bonds. The van der Waals surface area contributed by atoms with Crippen molar-refractivity contribution in [2.24, 2.45) is 0 Å². The van der Waals surface area contributed by atoms with Crippen LogP contribution in [-0.4, -0.2) is 6.04 Å². The summed E-state index contributed by atoms with van der Waals surface area (Å²) in [5, 5.41) is 5.12. The van der Waals surface area contributed by atoms with Gasteiger partial charge in [-0.1, -0.05) is 133 Å². The number of benzene rings is 6. The van der Waals surface area contributed by atoms with Crippen LogP contribution in [0.4, 0.5) is 11.4 Å². The zero-order valence-electron chi connectivity index (χ0n) is 22.0. The molecule has 188 valence electrons. The normalized spacial score (nSPS) is 15.7. The molecule has 0 saturated carbocycles. The molecule has 1 aliphatic heterocycles. The van der Waals surface area contributed by atoms with Crippen molar-refractivity contribution >= 4 is 38.5 Å². The quantitative estimate of drug-likeness (QED) is 0.215. The first-order valence-corrected chi connectivity index (χ1v) is 13.9. The molecule has 1 unspecified atom stereocenters. The number of para-hydroxylation sites is 1. The molecule has 0 saturated heterocycles. The number of fused-ring (bicyclic) bond motifs is 5. The van der Waals surface area contributed by atoms with E-state index in [1.54, 1.807) is 0 Å². The maximum Gasteiger partial charge on any atom is 0.0718 e. The van der Waals surface area contributed by atoms with Crippen LogP contribution in [0.2, 0.25) is 0 Å². The lowest BCUT2D eigenvalue weighted by atomic mass is 9.86. The Morgan fingerprint density at radius 1 is 0.475 bits per heavy atom. The third kappa shape index (κ3) is 3.56. The molecule has 0 aromatic heterocycles.